The molecular weight excluding hydrogens is 320 g/mol. The van der Waals surface area contributed by atoms with Crippen LogP contribution in [0.5, 0.6) is 0 Å². The van der Waals surface area contributed by atoms with E-state index in [-0.39, 0.29) is 29.6 Å². The molecule has 1 aromatic heterocycles. The zero-order chi connectivity index (χ0) is 15.3. The Morgan fingerprint density at radius 3 is 2.70 bits per heavy atom. The maximum atomic E-state index is 11.7. The fourth-order valence-electron chi connectivity index (χ4n) is 1.32. The monoisotopic (exact) mass is 331 g/mol. The van der Waals surface area contributed by atoms with Crippen molar-refractivity contribution in [3.8, 4) is 0 Å². The number of carbonyl (C=O) groups excluding carboxylic acids is 1. The van der Waals surface area contributed by atoms with Gasteiger partial charge in [-0.05, 0) is 6.92 Å². The summed E-state index contributed by atoms with van der Waals surface area (Å²) in [6.45, 7) is 0.507. The van der Waals surface area contributed by atoms with Crippen molar-refractivity contribution >= 4 is 25.6 Å². The quantitative estimate of drug-likeness (QED) is 0.605. The summed E-state index contributed by atoms with van der Waals surface area (Å²) in [7, 11) is 1.15. The van der Waals surface area contributed by atoms with E-state index in [2.05, 4.69) is 10.1 Å². The number of ether oxygens (including phenoxy) is 1. The van der Waals surface area contributed by atoms with Gasteiger partial charge in [0, 0.05) is 23.3 Å². The summed E-state index contributed by atoms with van der Waals surface area (Å²) in [5.41, 5.74) is 0. The maximum Gasteiger partial charge on any atom is 0.287 e. The first kappa shape index (κ1) is 16.9. The third-order valence-electron chi connectivity index (χ3n) is 2.13. The van der Waals surface area contributed by atoms with E-state index in [1.807, 2.05) is 0 Å². The second kappa shape index (κ2) is 7.00. The highest BCUT2D eigenvalue weighted by Crippen LogP contribution is 2.23. The zero-order valence-electron chi connectivity index (χ0n) is 10.4. The van der Waals surface area contributed by atoms with Gasteiger partial charge in [-0.2, -0.15) is 0 Å². The summed E-state index contributed by atoms with van der Waals surface area (Å²) < 4.78 is 55.3. The molecule has 0 bridgehead atoms. The lowest BCUT2D eigenvalue weighted by molar-refractivity contribution is 0.0187. The van der Waals surface area contributed by atoms with Crippen LogP contribution < -0.4 is 5.32 Å². The molecule has 114 valence electrons. The van der Waals surface area contributed by atoms with Crippen LogP contribution in [0, 0.1) is 6.92 Å². The van der Waals surface area contributed by atoms with Gasteiger partial charge in [-0.3, -0.25) is 4.79 Å². The van der Waals surface area contributed by atoms with Crippen LogP contribution in [0.15, 0.2) is 15.4 Å². The SMILES string of the molecule is Cc1oc(C(=O)NCCOCC(F)F)cc1S(=O)(=O)Cl. The Balaban J connectivity index is 2.53. The zero-order valence-corrected chi connectivity index (χ0v) is 11.9. The molecule has 1 amide bonds. The molecule has 0 spiro atoms. The van der Waals surface area contributed by atoms with Crippen LogP contribution in [0.25, 0.3) is 0 Å². The average Bonchev–Trinajstić information content (AvgIpc) is 2.70. The molecule has 0 aliphatic carbocycles. The summed E-state index contributed by atoms with van der Waals surface area (Å²) in [4.78, 5) is 11.3. The highest BCUT2D eigenvalue weighted by atomic mass is 35.7. The number of hydrogen-bond donors (Lipinski definition) is 1. The minimum Gasteiger partial charge on any atom is -0.455 e. The van der Waals surface area contributed by atoms with Gasteiger partial charge in [-0.25, -0.2) is 17.2 Å². The van der Waals surface area contributed by atoms with Gasteiger partial charge in [-0.1, -0.05) is 0 Å². The molecule has 0 unspecified atom stereocenters. The number of hydrogen-bond acceptors (Lipinski definition) is 5. The molecule has 0 atom stereocenters. The van der Waals surface area contributed by atoms with E-state index >= 15 is 0 Å². The smallest absolute Gasteiger partial charge is 0.287 e. The fourth-order valence-corrected chi connectivity index (χ4v) is 2.41. The Labute approximate surface area is 118 Å². The lowest BCUT2D eigenvalue weighted by Crippen LogP contribution is -2.27. The van der Waals surface area contributed by atoms with Crippen molar-refractivity contribution in [2.45, 2.75) is 18.2 Å². The molecule has 1 aromatic rings. The third-order valence-corrected chi connectivity index (χ3v) is 3.56. The van der Waals surface area contributed by atoms with Crippen molar-refractivity contribution in [2.75, 3.05) is 19.8 Å². The fraction of sp³-hybridized carbons (Fsp3) is 0.500. The molecule has 1 rings (SSSR count). The Morgan fingerprint density at radius 2 is 2.20 bits per heavy atom. The Morgan fingerprint density at radius 1 is 1.55 bits per heavy atom. The molecule has 6 nitrogen and oxygen atoms in total. The second-order valence-electron chi connectivity index (χ2n) is 3.69. The Hall–Kier alpha value is -1.19. The largest absolute Gasteiger partial charge is 0.455 e. The first-order chi connectivity index (χ1) is 9.21. The number of amides is 1. The molecule has 0 saturated heterocycles. The van der Waals surface area contributed by atoms with Crippen molar-refractivity contribution in [1.82, 2.24) is 5.32 Å². The normalized spacial score (nSPS) is 11.8. The lowest BCUT2D eigenvalue weighted by Gasteiger charge is -2.04. The van der Waals surface area contributed by atoms with E-state index in [1.54, 1.807) is 0 Å². The molecule has 0 aromatic carbocycles. The summed E-state index contributed by atoms with van der Waals surface area (Å²) in [6.07, 6.45) is -2.57. The van der Waals surface area contributed by atoms with Crippen LogP contribution in [0.1, 0.15) is 16.3 Å². The van der Waals surface area contributed by atoms with Gasteiger partial charge in [0.15, 0.2) is 5.76 Å². The van der Waals surface area contributed by atoms with Crippen molar-refractivity contribution in [1.29, 1.82) is 0 Å². The van der Waals surface area contributed by atoms with Crippen LogP contribution in [0.4, 0.5) is 8.78 Å². The van der Waals surface area contributed by atoms with Gasteiger partial charge >= 0.3 is 0 Å². The topological polar surface area (TPSA) is 85.6 Å². The van der Waals surface area contributed by atoms with Gasteiger partial charge < -0.3 is 14.5 Å². The van der Waals surface area contributed by atoms with Crippen molar-refractivity contribution in [2.24, 2.45) is 0 Å². The minimum absolute atomic E-state index is 0.0147. The number of aryl methyl sites for hydroxylation is 1. The highest BCUT2D eigenvalue weighted by Gasteiger charge is 2.21. The van der Waals surface area contributed by atoms with E-state index < -0.39 is 28.0 Å². The van der Waals surface area contributed by atoms with Crippen LogP contribution in [-0.2, 0) is 13.8 Å². The van der Waals surface area contributed by atoms with Gasteiger partial charge in [-0.15, -0.1) is 0 Å². The summed E-state index contributed by atoms with van der Waals surface area (Å²) in [6, 6.07) is 0.993. The van der Waals surface area contributed by atoms with E-state index in [0.29, 0.717) is 0 Å². The summed E-state index contributed by atoms with van der Waals surface area (Å²) in [5, 5.41) is 2.32. The first-order valence-electron chi connectivity index (χ1n) is 5.41. The average molecular weight is 332 g/mol. The van der Waals surface area contributed by atoms with Crippen molar-refractivity contribution in [3.05, 3.63) is 17.6 Å². The highest BCUT2D eigenvalue weighted by molar-refractivity contribution is 8.13. The number of alkyl halides is 2. The van der Waals surface area contributed by atoms with Crippen LogP contribution in [0.2, 0.25) is 0 Å². The van der Waals surface area contributed by atoms with E-state index in [0.717, 1.165) is 6.07 Å². The standard InChI is InChI=1S/C10H12ClF2NO5S/c1-6-8(20(11,16)17)4-7(19-6)10(15)14-2-3-18-5-9(12)13/h4,9H,2-3,5H2,1H3,(H,14,15). The molecule has 0 aliphatic heterocycles. The number of furan rings is 1. The van der Waals surface area contributed by atoms with Gasteiger partial charge in [0.1, 0.15) is 17.3 Å². The molecule has 1 N–H and O–H groups in total. The summed E-state index contributed by atoms with van der Waals surface area (Å²) >= 11 is 0. The number of rotatable bonds is 7. The Bertz CT molecular complexity index is 572. The number of halogens is 3. The van der Waals surface area contributed by atoms with Crippen molar-refractivity contribution < 1.29 is 31.1 Å². The number of carbonyl (C=O) groups is 1. The van der Waals surface area contributed by atoms with Crippen LogP contribution in [-0.4, -0.2) is 40.5 Å². The van der Waals surface area contributed by atoms with Crippen LogP contribution >= 0.6 is 10.7 Å². The van der Waals surface area contributed by atoms with E-state index in [9.17, 15) is 22.0 Å². The molecular formula is C10H12ClF2NO5S. The lowest BCUT2D eigenvalue weighted by atomic mass is 10.4. The molecule has 20 heavy (non-hydrogen) atoms. The molecule has 10 heteroatoms. The first-order valence-corrected chi connectivity index (χ1v) is 7.72. The number of nitrogens with one attached hydrogen (secondary N) is 1. The van der Waals surface area contributed by atoms with Crippen LogP contribution in [0.3, 0.4) is 0 Å². The van der Waals surface area contributed by atoms with E-state index in [1.165, 1.54) is 6.92 Å². The third kappa shape index (κ3) is 5.06. The molecule has 1 heterocycles. The van der Waals surface area contributed by atoms with Crippen molar-refractivity contribution in [3.63, 3.8) is 0 Å². The summed E-state index contributed by atoms with van der Waals surface area (Å²) in [5.74, 6) is -0.949. The Kier molecular flexibility index (Phi) is 5.90. The van der Waals surface area contributed by atoms with Gasteiger partial charge in [0.05, 0.1) is 6.61 Å². The minimum atomic E-state index is -3.99. The van der Waals surface area contributed by atoms with E-state index in [4.69, 9.17) is 15.1 Å². The second-order valence-corrected chi connectivity index (χ2v) is 6.23. The van der Waals surface area contributed by atoms with Gasteiger partial charge in [0.25, 0.3) is 21.4 Å². The molecule has 0 radical (unpaired) electrons. The predicted octanol–water partition coefficient (Wildman–Crippen LogP) is 1.53. The maximum absolute atomic E-state index is 11.7. The molecule has 0 fully saturated rings. The molecule has 0 aliphatic rings. The molecule has 0 saturated carbocycles. The van der Waals surface area contributed by atoms with Gasteiger partial charge in [0.2, 0.25) is 0 Å². The predicted molar refractivity (Wildman–Crippen MR) is 65.6 cm³/mol.